The van der Waals surface area contributed by atoms with Crippen LogP contribution >= 0.6 is 0 Å². The molecule has 1 aromatic carbocycles. The zero-order chi connectivity index (χ0) is 13.4. The molecule has 0 heterocycles. The molecule has 0 fully saturated rings. The van der Waals surface area contributed by atoms with Gasteiger partial charge in [0.05, 0.1) is 12.2 Å². The summed E-state index contributed by atoms with van der Waals surface area (Å²) in [5, 5.41) is 3.30. The van der Waals surface area contributed by atoms with E-state index in [2.05, 4.69) is 24.4 Å². The molecule has 0 bridgehead atoms. The van der Waals surface area contributed by atoms with Gasteiger partial charge in [-0.05, 0) is 45.0 Å². The van der Waals surface area contributed by atoms with Gasteiger partial charge in [-0.1, -0.05) is 19.1 Å². The summed E-state index contributed by atoms with van der Waals surface area (Å²) in [4.78, 5) is 0. The molecule has 3 heteroatoms. The monoisotopic (exact) mass is 251 g/mol. The second-order valence-corrected chi connectivity index (χ2v) is 5.24. The maximum Gasteiger partial charge on any atom is 0.119 e. The molecule has 1 N–H and O–H groups in total. The van der Waals surface area contributed by atoms with Crippen molar-refractivity contribution in [3.63, 3.8) is 0 Å². The molecule has 102 valence electrons. The van der Waals surface area contributed by atoms with Gasteiger partial charge in [0, 0.05) is 6.54 Å². The number of hydrogen-bond acceptors (Lipinski definition) is 3. The first kappa shape index (κ1) is 15.0. The zero-order valence-electron chi connectivity index (χ0n) is 12.0. The normalized spacial score (nSPS) is 11.6. The fourth-order valence-corrected chi connectivity index (χ4v) is 1.52. The second-order valence-electron chi connectivity index (χ2n) is 5.24. The van der Waals surface area contributed by atoms with E-state index in [1.807, 2.05) is 32.9 Å². The summed E-state index contributed by atoms with van der Waals surface area (Å²) in [5.74, 6) is 0.905. The van der Waals surface area contributed by atoms with E-state index in [1.165, 1.54) is 5.56 Å². The Kier molecular flexibility index (Phi) is 6.16. The largest absolute Gasteiger partial charge is 0.491 e. The minimum absolute atomic E-state index is 0.101. The van der Waals surface area contributed by atoms with Crippen LogP contribution in [0.4, 0.5) is 0 Å². The van der Waals surface area contributed by atoms with E-state index < -0.39 is 0 Å². The summed E-state index contributed by atoms with van der Waals surface area (Å²) in [6.07, 6.45) is 0. The quantitative estimate of drug-likeness (QED) is 0.756. The lowest BCUT2D eigenvalue weighted by Crippen LogP contribution is -2.22. The van der Waals surface area contributed by atoms with E-state index in [4.69, 9.17) is 9.47 Å². The minimum Gasteiger partial charge on any atom is -0.491 e. The molecule has 1 rings (SSSR count). The van der Waals surface area contributed by atoms with Crippen molar-refractivity contribution in [1.82, 2.24) is 5.32 Å². The van der Waals surface area contributed by atoms with Gasteiger partial charge in [0.25, 0.3) is 0 Å². The number of ether oxygens (including phenoxy) is 2. The maximum absolute atomic E-state index is 5.67. The Morgan fingerprint density at radius 2 is 1.94 bits per heavy atom. The van der Waals surface area contributed by atoms with Crippen LogP contribution in [0.1, 0.15) is 33.3 Å². The molecule has 0 aromatic heterocycles. The molecule has 0 aliphatic carbocycles. The Balaban J connectivity index is 2.33. The third-order valence-corrected chi connectivity index (χ3v) is 2.36. The highest BCUT2D eigenvalue weighted by molar-refractivity contribution is 5.28. The summed E-state index contributed by atoms with van der Waals surface area (Å²) in [5.41, 5.74) is 1.14. The van der Waals surface area contributed by atoms with E-state index >= 15 is 0 Å². The van der Waals surface area contributed by atoms with Crippen LogP contribution in [-0.2, 0) is 11.3 Å². The van der Waals surface area contributed by atoms with Gasteiger partial charge in [-0.3, -0.25) is 0 Å². The van der Waals surface area contributed by atoms with E-state index in [-0.39, 0.29) is 5.60 Å². The average molecular weight is 251 g/mol. The first-order chi connectivity index (χ1) is 8.51. The molecule has 1 aromatic rings. The Morgan fingerprint density at radius 1 is 1.17 bits per heavy atom. The lowest BCUT2D eigenvalue weighted by Gasteiger charge is -2.19. The average Bonchev–Trinajstić information content (AvgIpc) is 2.31. The van der Waals surface area contributed by atoms with Gasteiger partial charge in [-0.25, -0.2) is 0 Å². The molecule has 0 saturated heterocycles. The van der Waals surface area contributed by atoms with Gasteiger partial charge in [0.1, 0.15) is 12.4 Å². The summed E-state index contributed by atoms with van der Waals surface area (Å²) >= 11 is 0. The van der Waals surface area contributed by atoms with E-state index in [1.54, 1.807) is 0 Å². The maximum atomic E-state index is 5.67. The predicted octanol–water partition coefficient (Wildman–Crippen LogP) is 2.99. The fourth-order valence-electron chi connectivity index (χ4n) is 1.52. The molecule has 0 aliphatic rings. The summed E-state index contributed by atoms with van der Waals surface area (Å²) in [6, 6.07) is 8.17. The van der Waals surface area contributed by atoms with E-state index in [0.717, 1.165) is 18.8 Å². The number of benzene rings is 1. The Hall–Kier alpha value is -1.06. The summed E-state index contributed by atoms with van der Waals surface area (Å²) < 4.78 is 11.3. The van der Waals surface area contributed by atoms with Gasteiger partial charge in [0.2, 0.25) is 0 Å². The lowest BCUT2D eigenvalue weighted by atomic mass is 10.2. The molecule has 0 unspecified atom stereocenters. The van der Waals surface area contributed by atoms with Crippen LogP contribution in [0.25, 0.3) is 0 Å². The van der Waals surface area contributed by atoms with Crippen LogP contribution < -0.4 is 10.1 Å². The molecule has 3 nitrogen and oxygen atoms in total. The molecule has 0 aliphatic heterocycles. The molecular formula is C15H25NO2. The van der Waals surface area contributed by atoms with Gasteiger partial charge in [0.15, 0.2) is 0 Å². The highest BCUT2D eigenvalue weighted by Crippen LogP contribution is 2.13. The van der Waals surface area contributed by atoms with E-state index in [9.17, 15) is 0 Å². The van der Waals surface area contributed by atoms with Crippen molar-refractivity contribution in [2.45, 2.75) is 39.8 Å². The number of nitrogens with one attached hydrogen (secondary N) is 1. The fraction of sp³-hybridized carbons (Fsp3) is 0.600. The topological polar surface area (TPSA) is 30.5 Å². The van der Waals surface area contributed by atoms with Crippen molar-refractivity contribution in [3.8, 4) is 5.75 Å². The van der Waals surface area contributed by atoms with Gasteiger partial charge >= 0.3 is 0 Å². The minimum atomic E-state index is -0.101. The summed E-state index contributed by atoms with van der Waals surface area (Å²) in [6.45, 7) is 11.3. The van der Waals surface area contributed by atoms with Crippen LogP contribution in [0.2, 0.25) is 0 Å². The van der Waals surface area contributed by atoms with Gasteiger partial charge in [-0.2, -0.15) is 0 Å². The first-order valence-corrected chi connectivity index (χ1v) is 6.57. The Labute approximate surface area is 110 Å². The number of rotatable bonds is 7. The Morgan fingerprint density at radius 3 is 2.61 bits per heavy atom. The molecule has 0 atom stereocenters. The van der Waals surface area contributed by atoms with Crippen molar-refractivity contribution in [3.05, 3.63) is 29.8 Å². The predicted molar refractivity (Wildman–Crippen MR) is 75.0 cm³/mol. The molecular weight excluding hydrogens is 226 g/mol. The van der Waals surface area contributed by atoms with Crippen molar-refractivity contribution < 1.29 is 9.47 Å². The van der Waals surface area contributed by atoms with Crippen LogP contribution in [0, 0.1) is 0 Å². The van der Waals surface area contributed by atoms with Crippen molar-refractivity contribution >= 4 is 0 Å². The highest BCUT2D eigenvalue weighted by Gasteiger charge is 2.09. The van der Waals surface area contributed by atoms with Crippen molar-refractivity contribution in [2.75, 3.05) is 19.8 Å². The van der Waals surface area contributed by atoms with E-state index in [0.29, 0.717) is 13.2 Å². The smallest absolute Gasteiger partial charge is 0.119 e. The van der Waals surface area contributed by atoms with Crippen LogP contribution in [-0.4, -0.2) is 25.4 Å². The highest BCUT2D eigenvalue weighted by atomic mass is 16.5. The van der Waals surface area contributed by atoms with Gasteiger partial charge < -0.3 is 14.8 Å². The summed E-state index contributed by atoms with van der Waals surface area (Å²) in [7, 11) is 0. The molecule has 0 spiro atoms. The lowest BCUT2D eigenvalue weighted by molar-refractivity contribution is -0.0163. The van der Waals surface area contributed by atoms with Crippen LogP contribution in [0.5, 0.6) is 5.75 Å². The van der Waals surface area contributed by atoms with Crippen LogP contribution in [0.15, 0.2) is 24.3 Å². The molecule has 0 radical (unpaired) electrons. The molecule has 0 saturated carbocycles. The molecule has 0 amide bonds. The third kappa shape index (κ3) is 6.62. The van der Waals surface area contributed by atoms with Crippen molar-refractivity contribution in [1.29, 1.82) is 0 Å². The van der Waals surface area contributed by atoms with Gasteiger partial charge in [-0.15, -0.1) is 0 Å². The zero-order valence-corrected chi connectivity index (χ0v) is 12.0. The first-order valence-electron chi connectivity index (χ1n) is 6.57. The molecule has 18 heavy (non-hydrogen) atoms. The standard InChI is InChI=1S/C15H25NO2/c1-5-16-12-13-7-6-8-14(11-13)17-9-10-18-15(2,3)4/h6-8,11,16H,5,9-10,12H2,1-4H3. The number of hydrogen-bond donors (Lipinski definition) is 1. The SMILES string of the molecule is CCNCc1cccc(OCCOC(C)(C)C)c1. The second kappa shape index (κ2) is 7.39. The van der Waals surface area contributed by atoms with Crippen LogP contribution in [0.3, 0.4) is 0 Å². The Bertz CT molecular complexity index is 345. The van der Waals surface area contributed by atoms with Crippen molar-refractivity contribution in [2.24, 2.45) is 0 Å². The third-order valence-electron chi connectivity index (χ3n) is 2.36.